The van der Waals surface area contributed by atoms with Crippen LogP contribution in [0, 0.1) is 6.92 Å². The predicted octanol–water partition coefficient (Wildman–Crippen LogP) is 1.54. The summed E-state index contributed by atoms with van der Waals surface area (Å²) in [5.74, 6) is 1.40. The predicted molar refractivity (Wildman–Crippen MR) is 84.9 cm³/mol. The highest BCUT2D eigenvalue weighted by Gasteiger charge is 2.32. The first-order valence-electron chi connectivity index (χ1n) is 8.06. The minimum atomic E-state index is -0.326. The molecule has 4 rings (SSSR count). The van der Waals surface area contributed by atoms with Gasteiger partial charge in [-0.15, -0.1) is 0 Å². The van der Waals surface area contributed by atoms with Gasteiger partial charge >= 0.3 is 0 Å². The fourth-order valence-corrected chi connectivity index (χ4v) is 3.00. The number of hydrogen-bond donors (Lipinski definition) is 0. The number of fused-ring (bicyclic) bond motifs is 1. The Bertz CT molecular complexity index is 831. The minimum Gasteiger partial charge on any atom is -0.454 e. The maximum Gasteiger partial charge on any atom is 0.294 e. The van der Waals surface area contributed by atoms with E-state index in [0.717, 1.165) is 12.0 Å². The van der Waals surface area contributed by atoms with E-state index in [1.54, 1.807) is 25.1 Å². The largest absolute Gasteiger partial charge is 0.454 e. The van der Waals surface area contributed by atoms with Crippen molar-refractivity contribution in [1.82, 2.24) is 15.2 Å². The van der Waals surface area contributed by atoms with Crippen LogP contribution in [0.2, 0.25) is 0 Å². The number of carbonyl (C=O) groups excluding carboxylic acids is 2. The molecule has 25 heavy (non-hydrogen) atoms. The maximum atomic E-state index is 12.7. The van der Waals surface area contributed by atoms with Crippen LogP contribution in [0.4, 0.5) is 0 Å². The lowest BCUT2D eigenvalue weighted by molar-refractivity contribution is -0.139. The van der Waals surface area contributed by atoms with Crippen molar-refractivity contribution < 1.29 is 23.6 Å². The van der Waals surface area contributed by atoms with E-state index in [0.29, 0.717) is 30.3 Å². The molecule has 1 aromatic carbocycles. The number of amides is 2. The van der Waals surface area contributed by atoms with Crippen LogP contribution in [0.15, 0.2) is 28.8 Å². The highest BCUT2D eigenvalue weighted by Crippen LogP contribution is 2.32. The summed E-state index contributed by atoms with van der Waals surface area (Å²) in [6.45, 7) is 2.90. The number of carbonyl (C=O) groups is 2. The second kappa shape index (κ2) is 6.12. The third-order valence-corrected chi connectivity index (χ3v) is 4.19. The fraction of sp³-hybridized carbons (Fsp3) is 0.353. The lowest BCUT2D eigenvalue weighted by atomic mass is 10.1. The van der Waals surface area contributed by atoms with Crippen LogP contribution in [0.25, 0.3) is 0 Å². The van der Waals surface area contributed by atoms with Crippen LogP contribution in [0.1, 0.15) is 28.2 Å². The Labute approximate surface area is 143 Å². The number of hydrazine groups is 1. The SMILES string of the molecule is Cc1cc(C(=O)N2CCCN2C(=O)Cc2ccc3c(c2)OCO3)no1. The van der Waals surface area contributed by atoms with Gasteiger partial charge in [-0.3, -0.25) is 14.6 Å². The van der Waals surface area contributed by atoms with E-state index in [1.165, 1.54) is 10.0 Å². The zero-order chi connectivity index (χ0) is 17.4. The van der Waals surface area contributed by atoms with E-state index in [2.05, 4.69) is 5.16 Å². The first-order valence-corrected chi connectivity index (χ1v) is 8.06. The highest BCUT2D eigenvalue weighted by atomic mass is 16.7. The first-order chi connectivity index (χ1) is 12.1. The van der Waals surface area contributed by atoms with Gasteiger partial charge in [0, 0.05) is 19.2 Å². The smallest absolute Gasteiger partial charge is 0.294 e. The number of hydrogen-bond acceptors (Lipinski definition) is 6. The van der Waals surface area contributed by atoms with Crippen molar-refractivity contribution >= 4 is 11.8 Å². The van der Waals surface area contributed by atoms with Crippen molar-refractivity contribution in [1.29, 1.82) is 0 Å². The number of nitrogens with zero attached hydrogens (tertiary/aromatic N) is 3. The molecule has 1 fully saturated rings. The summed E-state index contributed by atoms with van der Waals surface area (Å²) in [5.41, 5.74) is 1.02. The molecule has 0 radical (unpaired) electrons. The molecule has 0 unspecified atom stereocenters. The summed E-state index contributed by atoms with van der Waals surface area (Å²) in [5, 5.41) is 6.66. The van der Waals surface area contributed by atoms with Gasteiger partial charge in [0.05, 0.1) is 6.42 Å². The fourth-order valence-electron chi connectivity index (χ4n) is 3.00. The van der Waals surface area contributed by atoms with Crippen molar-refractivity contribution in [2.45, 2.75) is 19.8 Å². The number of aromatic nitrogens is 1. The molecule has 3 heterocycles. The van der Waals surface area contributed by atoms with Crippen LogP contribution in [0.5, 0.6) is 11.5 Å². The van der Waals surface area contributed by atoms with Gasteiger partial charge in [-0.2, -0.15) is 0 Å². The highest BCUT2D eigenvalue weighted by molar-refractivity contribution is 5.94. The maximum absolute atomic E-state index is 12.7. The average molecular weight is 343 g/mol. The van der Waals surface area contributed by atoms with E-state index >= 15 is 0 Å². The van der Waals surface area contributed by atoms with Crippen molar-refractivity contribution in [2.24, 2.45) is 0 Å². The summed E-state index contributed by atoms with van der Waals surface area (Å²) in [4.78, 5) is 25.2. The molecule has 8 heteroatoms. The Balaban J connectivity index is 1.48. The zero-order valence-electron chi connectivity index (χ0n) is 13.7. The standard InChI is InChI=1S/C17H17N3O5/c1-11-7-13(18-25-11)17(22)20-6-2-5-19(20)16(21)9-12-3-4-14-15(8-12)24-10-23-14/h3-4,7-8H,2,5-6,9-10H2,1H3. The Morgan fingerprint density at radius 2 is 1.92 bits per heavy atom. The molecular formula is C17H17N3O5. The molecule has 0 aliphatic carbocycles. The Morgan fingerprint density at radius 3 is 2.72 bits per heavy atom. The lowest BCUT2D eigenvalue weighted by Gasteiger charge is -2.27. The van der Waals surface area contributed by atoms with Gasteiger partial charge in [0.25, 0.3) is 5.91 Å². The Morgan fingerprint density at radius 1 is 1.12 bits per heavy atom. The van der Waals surface area contributed by atoms with Gasteiger partial charge in [-0.1, -0.05) is 11.2 Å². The van der Waals surface area contributed by atoms with Gasteiger partial charge < -0.3 is 14.0 Å². The summed E-state index contributed by atoms with van der Waals surface area (Å²) in [6.07, 6.45) is 0.910. The molecule has 1 saturated heterocycles. The third-order valence-electron chi connectivity index (χ3n) is 4.19. The van der Waals surface area contributed by atoms with Gasteiger partial charge in [0.2, 0.25) is 12.7 Å². The molecule has 0 saturated carbocycles. The van der Waals surface area contributed by atoms with E-state index in [9.17, 15) is 9.59 Å². The molecule has 8 nitrogen and oxygen atoms in total. The summed E-state index contributed by atoms with van der Waals surface area (Å²) in [6, 6.07) is 6.98. The van der Waals surface area contributed by atoms with Crippen molar-refractivity contribution in [2.75, 3.05) is 19.9 Å². The van der Waals surface area contributed by atoms with E-state index in [1.807, 2.05) is 6.07 Å². The van der Waals surface area contributed by atoms with Crippen LogP contribution in [-0.2, 0) is 11.2 Å². The van der Waals surface area contributed by atoms with Gasteiger partial charge in [-0.25, -0.2) is 5.01 Å². The number of rotatable bonds is 3. The van der Waals surface area contributed by atoms with Crippen LogP contribution >= 0.6 is 0 Å². The summed E-state index contributed by atoms with van der Waals surface area (Å²) >= 11 is 0. The van der Waals surface area contributed by atoms with Crippen molar-refractivity contribution in [3.63, 3.8) is 0 Å². The minimum absolute atomic E-state index is 0.148. The molecule has 0 spiro atoms. The van der Waals surface area contributed by atoms with Gasteiger partial charge in [0.1, 0.15) is 5.76 Å². The molecule has 2 aromatic rings. The topological polar surface area (TPSA) is 85.1 Å². The van der Waals surface area contributed by atoms with Crippen LogP contribution < -0.4 is 9.47 Å². The quantitative estimate of drug-likeness (QED) is 0.840. The molecule has 2 amide bonds. The lowest BCUT2D eigenvalue weighted by Crippen LogP contribution is -2.45. The normalized spacial score (nSPS) is 15.7. The van der Waals surface area contributed by atoms with E-state index in [4.69, 9.17) is 14.0 Å². The van der Waals surface area contributed by atoms with Crippen LogP contribution in [-0.4, -0.2) is 46.9 Å². The molecule has 0 atom stereocenters. The molecule has 0 N–H and O–H groups in total. The van der Waals surface area contributed by atoms with Gasteiger partial charge in [0.15, 0.2) is 17.2 Å². The number of ether oxygens (including phenoxy) is 2. The molecule has 130 valence electrons. The van der Waals surface area contributed by atoms with E-state index < -0.39 is 0 Å². The van der Waals surface area contributed by atoms with Gasteiger partial charge in [-0.05, 0) is 31.0 Å². The molecule has 2 aliphatic rings. The van der Waals surface area contributed by atoms with Crippen molar-refractivity contribution in [3.05, 3.63) is 41.3 Å². The second-order valence-corrected chi connectivity index (χ2v) is 5.99. The summed E-state index contributed by atoms with van der Waals surface area (Å²) < 4.78 is 15.6. The van der Waals surface area contributed by atoms with Crippen LogP contribution in [0.3, 0.4) is 0 Å². The average Bonchev–Trinajstić information content (AvgIpc) is 3.33. The van der Waals surface area contributed by atoms with E-state index in [-0.39, 0.29) is 30.7 Å². The second-order valence-electron chi connectivity index (χ2n) is 5.99. The monoisotopic (exact) mass is 343 g/mol. The first kappa shape index (κ1) is 15.5. The van der Waals surface area contributed by atoms with Crippen molar-refractivity contribution in [3.8, 4) is 11.5 Å². The zero-order valence-corrected chi connectivity index (χ0v) is 13.7. The Kier molecular flexibility index (Phi) is 3.79. The molecule has 1 aromatic heterocycles. The Hall–Kier alpha value is -3.03. The molecular weight excluding hydrogens is 326 g/mol. The third kappa shape index (κ3) is 2.90. The number of aryl methyl sites for hydroxylation is 1. The number of benzene rings is 1. The molecule has 0 bridgehead atoms. The summed E-state index contributed by atoms with van der Waals surface area (Å²) in [7, 11) is 0. The molecule has 2 aliphatic heterocycles.